The van der Waals surface area contributed by atoms with Gasteiger partial charge in [-0.2, -0.15) is 0 Å². The minimum atomic E-state index is -0.980. The third-order valence-corrected chi connectivity index (χ3v) is 4.21. The Morgan fingerprint density at radius 1 is 1.25 bits per heavy atom. The van der Waals surface area contributed by atoms with E-state index in [4.69, 9.17) is 0 Å². The van der Waals surface area contributed by atoms with Crippen LogP contribution in [-0.2, 0) is 9.59 Å². The molecule has 0 aromatic rings. The van der Waals surface area contributed by atoms with Crippen LogP contribution >= 0.6 is 0 Å². The van der Waals surface area contributed by atoms with Crippen molar-refractivity contribution in [3.63, 3.8) is 0 Å². The SMILES string of the molecule is CC(C)CCN(C(=O)CC(C)(C)C(=O)O)C1CCCC1. The van der Waals surface area contributed by atoms with Crippen molar-refractivity contribution in [2.45, 2.75) is 72.3 Å². The van der Waals surface area contributed by atoms with Crippen LogP contribution in [0.2, 0.25) is 0 Å². The van der Waals surface area contributed by atoms with E-state index in [1.165, 1.54) is 12.8 Å². The van der Waals surface area contributed by atoms with E-state index in [0.29, 0.717) is 12.0 Å². The quantitative estimate of drug-likeness (QED) is 0.780. The number of carbonyl (C=O) groups is 2. The van der Waals surface area contributed by atoms with Crippen molar-refractivity contribution in [2.24, 2.45) is 11.3 Å². The fourth-order valence-electron chi connectivity index (χ4n) is 2.68. The maximum Gasteiger partial charge on any atom is 0.309 e. The number of carbonyl (C=O) groups excluding carboxylic acids is 1. The van der Waals surface area contributed by atoms with Gasteiger partial charge in [0.2, 0.25) is 5.91 Å². The maximum atomic E-state index is 12.5. The van der Waals surface area contributed by atoms with Crippen LogP contribution in [0.25, 0.3) is 0 Å². The molecule has 0 aromatic heterocycles. The Hall–Kier alpha value is -1.06. The molecule has 0 aliphatic heterocycles. The molecular formula is C16H29NO3. The number of carboxylic acids is 1. The molecule has 0 saturated heterocycles. The van der Waals surface area contributed by atoms with Gasteiger partial charge in [0.15, 0.2) is 0 Å². The summed E-state index contributed by atoms with van der Waals surface area (Å²) in [7, 11) is 0. The first kappa shape index (κ1) is 17.0. The van der Waals surface area contributed by atoms with E-state index >= 15 is 0 Å². The number of nitrogens with zero attached hydrogens (tertiary/aromatic N) is 1. The van der Waals surface area contributed by atoms with Crippen molar-refractivity contribution in [3.05, 3.63) is 0 Å². The molecule has 0 atom stereocenters. The lowest BCUT2D eigenvalue weighted by molar-refractivity contribution is -0.152. The van der Waals surface area contributed by atoms with E-state index in [1.54, 1.807) is 13.8 Å². The summed E-state index contributed by atoms with van der Waals surface area (Å²) in [6, 6.07) is 0.325. The Labute approximate surface area is 122 Å². The van der Waals surface area contributed by atoms with Gasteiger partial charge in [0.05, 0.1) is 5.41 Å². The minimum Gasteiger partial charge on any atom is -0.481 e. The standard InChI is InChI=1S/C16H29NO3/c1-12(2)9-10-17(13-7-5-6-8-13)14(18)11-16(3,4)15(19)20/h12-13H,5-11H2,1-4H3,(H,19,20). The van der Waals surface area contributed by atoms with Crippen LogP contribution in [-0.4, -0.2) is 34.5 Å². The lowest BCUT2D eigenvalue weighted by atomic mass is 9.88. The highest BCUT2D eigenvalue weighted by Gasteiger charge is 2.34. The lowest BCUT2D eigenvalue weighted by Crippen LogP contribution is -2.43. The second kappa shape index (κ2) is 7.09. The number of carboxylic acid groups (broad SMARTS) is 1. The molecule has 4 nitrogen and oxygen atoms in total. The molecule has 0 heterocycles. The van der Waals surface area contributed by atoms with Crippen LogP contribution in [0.4, 0.5) is 0 Å². The monoisotopic (exact) mass is 283 g/mol. The van der Waals surface area contributed by atoms with Gasteiger partial charge in [0.1, 0.15) is 0 Å². The molecule has 0 spiro atoms. The molecule has 1 rings (SSSR count). The maximum absolute atomic E-state index is 12.5. The largest absolute Gasteiger partial charge is 0.481 e. The van der Waals surface area contributed by atoms with E-state index in [2.05, 4.69) is 13.8 Å². The van der Waals surface area contributed by atoms with E-state index in [1.807, 2.05) is 4.90 Å². The molecule has 1 fully saturated rings. The van der Waals surface area contributed by atoms with Gasteiger partial charge in [0.25, 0.3) is 0 Å². The lowest BCUT2D eigenvalue weighted by Gasteiger charge is -2.32. The zero-order valence-corrected chi connectivity index (χ0v) is 13.3. The molecular weight excluding hydrogens is 254 g/mol. The number of amides is 1. The summed E-state index contributed by atoms with van der Waals surface area (Å²) >= 11 is 0. The molecule has 1 aliphatic carbocycles. The average molecular weight is 283 g/mol. The van der Waals surface area contributed by atoms with Crippen LogP contribution in [0.15, 0.2) is 0 Å². The molecule has 1 aliphatic rings. The van der Waals surface area contributed by atoms with Crippen LogP contribution in [0, 0.1) is 11.3 Å². The van der Waals surface area contributed by atoms with Gasteiger partial charge in [0, 0.05) is 19.0 Å². The van der Waals surface area contributed by atoms with E-state index < -0.39 is 11.4 Å². The molecule has 0 aromatic carbocycles. The summed E-state index contributed by atoms with van der Waals surface area (Å²) in [4.78, 5) is 25.7. The van der Waals surface area contributed by atoms with Gasteiger partial charge in [-0.05, 0) is 39.0 Å². The number of hydrogen-bond acceptors (Lipinski definition) is 2. The van der Waals surface area contributed by atoms with Crippen molar-refractivity contribution in [1.29, 1.82) is 0 Å². The minimum absolute atomic E-state index is 0.00458. The third kappa shape index (κ3) is 4.80. The van der Waals surface area contributed by atoms with Crippen LogP contribution in [0.3, 0.4) is 0 Å². The molecule has 0 unspecified atom stereocenters. The fourth-order valence-corrected chi connectivity index (χ4v) is 2.68. The molecule has 1 saturated carbocycles. The Bertz CT molecular complexity index is 344. The summed E-state index contributed by atoms with van der Waals surface area (Å²) in [6.07, 6.45) is 5.57. The van der Waals surface area contributed by atoms with E-state index in [0.717, 1.165) is 25.8 Å². The van der Waals surface area contributed by atoms with Crippen LogP contribution in [0.1, 0.15) is 66.2 Å². The molecule has 1 amide bonds. The number of hydrogen-bond donors (Lipinski definition) is 1. The van der Waals surface area contributed by atoms with Gasteiger partial charge in [-0.1, -0.05) is 26.7 Å². The van der Waals surface area contributed by atoms with Gasteiger partial charge in [-0.25, -0.2) is 0 Å². The van der Waals surface area contributed by atoms with Crippen molar-refractivity contribution >= 4 is 11.9 Å². The van der Waals surface area contributed by atoms with Crippen molar-refractivity contribution < 1.29 is 14.7 Å². The Kier molecular flexibility index (Phi) is 6.03. The first-order chi connectivity index (χ1) is 9.24. The second-order valence-corrected chi connectivity index (χ2v) is 7.07. The number of rotatable bonds is 7. The normalized spacial score (nSPS) is 16.6. The Morgan fingerprint density at radius 3 is 2.25 bits per heavy atom. The van der Waals surface area contributed by atoms with Gasteiger partial charge in [-0.15, -0.1) is 0 Å². The number of aliphatic carboxylic acids is 1. The third-order valence-electron chi connectivity index (χ3n) is 4.21. The highest BCUT2D eigenvalue weighted by atomic mass is 16.4. The van der Waals surface area contributed by atoms with Gasteiger partial charge in [-0.3, -0.25) is 9.59 Å². The molecule has 1 N–H and O–H groups in total. The highest BCUT2D eigenvalue weighted by Crippen LogP contribution is 2.28. The van der Waals surface area contributed by atoms with Crippen molar-refractivity contribution in [3.8, 4) is 0 Å². The van der Waals surface area contributed by atoms with E-state index in [9.17, 15) is 14.7 Å². The molecule has 0 radical (unpaired) electrons. The summed E-state index contributed by atoms with van der Waals surface area (Å²) in [5.74, 6) is -0.342. The van der Waals surface area contributed by atoms with Crippen molar-refractivity contribution in [1.82, 2.24) is 4.90 Å². The van der Waals surface area contributed by atoms with Gasteiger partial charge < -0.3 is 10.0 Å². The van der Waals surface area contributed by atoms with Gasteiger partial charge >= 0.3 is 5.97 Å². The zero-order chi connectivity index (χ0) is 15.3. The fraction of sp³-hybridized carbons (Fsp3) is 0.875. The van der Waals surface area contributed by atoms with Crippen molar-refractivity contribution in [2.75, 3.05) is 6.54 Å². The molecule has 20 heavy (non-hydrogen) atoms. The summed E-state index contributed by atoms with van der Waals surface area (Å²) in [6.45, 7) is 8.32. The highest BCUT2D eigenvalue weighted by molar-refractivity contribution is 5.84. The van der Waals surface area contributed by atoms with Crippen LogP contribution in [0.5, 0.6) is 0 Å². The van der Waals surface area contributed by atoms with Crippen LogP contribution < -0.4 is 0 Å². The predicted octanol–water partition coefficient (Wildman–Crippen LogP) is 3.30. The smallest absolute Gasteiger partial charge is 0.309 e. The molecule has 4 heteroatoms. The second-order valence-electron chi connectivity index (χ2n) is 7.07. The average Bonchev–Trinajstić information content (AvgIpc) is 2.81. The first-order valence-corrected chi connectivity index (χ1v) is 7.77. The zero-order valence-electron chi connectivity index (χ0n) is 13.3. The van der Waals surface area contributed by atoms with E-state index in [-0.39, 0.29) is 12.3 Å². The predicted molar refractivity (Wildman–Crippen MR) is 79.5 cm³/mol. The topological polar surface area (TPSA) is 57.6 Å². The first-order valence-electron chi connectivity index (χ1n) is 7.77. The summed E-state index contributed by atoms with van der Waals surface area (Å²) in [5.41, 5.74) is -0.980. The molecule has 0 bridgehead atoms. The summed E-state index contributed by atoms with van der Waals surface area (Å²) < 4.78 is 0. The summed E-state index contributed by atoms with van der Waals surface area (Å²) in [5, 5.41) is 9.18. The molecule has 116 valence electrons. The Balaban J connectivity index is 2.70. The Morgan fingerprint density at radius 2 is 1.80 bits per heavy atom.